The van der Waals surface area contributed by atoms with Gasteiger partial charge in [0.05, 0.1) is 4.90 Å². The minimum absolute atomic E-state index is 0.370. The molecular weight excluding hydrogens is 260 g/mol. The first-order valence-corrected chi connectivity index (χ1v) is 8.29. The van der Waals surface area contributed by atoms with Gasteiger partial charge in [0.15, 0.2) is 0 Å². The fraction of sp³-hybridized carbons (Fsp3) is 0.571. The highest BCUT2D eigenvalue weighted by Crippen LogP contribution is 2.16. The van der Waals surface area contributed by atoms with Crippen LogP contribution in [-0.2, 0) is 10.0 Å². The number of nitrogens with zero attached hydrogens (tertiary/aromatic N) is 1. The van der Waals surface area contributed by atoms with Crippen molar-refractivity contribution < 1.29 is 8.42 Å². The Labute approximate surface area is 115 Å². The van der Waals surface area contributed by atoms with Gasteiger partial charge in [-0.1, -0.05) is 24.6 Å². The van der Waals surface area contributed by atoms with E-state index in [1.807, 2.05) is 6.07 Å². The molecular formula is C14H22N2O2S. The lowest BCUT2D eigenvalue weighted by Crippen LogP contribution is -2.38. The van der Waals surface area contributed by atoms with Crippen molar-refractivity contribution in [3.05, 3.63) is 30.3 Å². The van der Waals surface area contributed by atoms with Crippen LogP contribution >= 0.6 is 0 Å². The van der Waals surface area contributed by atoms with Crippen LogP contribution in [0, 0.1) is 0 Å². The third kappa shape index (κ3) is 3.78. The maximum atomic E-state index is 12.3. The molecule has 1 N–H and O–H groups in total. The summed E-state index contributed by atoms with van der Waals surface area (Å²) in [6.07, 6.45) is 4.50. The van der Waals surface area contributed by atoms with Crippen LogP contribution in [0.1, 0.15) is 25.7 Å². The van der Waals surface area contributed by atoms with E-state index in [9.17, 15) is 8.42 Å². The largest absolute Gasteiger partial charge is 0.314 e. The van der Waals surface area contributed by atoms with Gasteiger partial charge in [0.1, 0.15) is 0 Å². The monoisotopic (exact) mass is 282 g/mol. The highest BCUT2D eigenvalue weighted by Gasteiger charge is 2.21. The summed E-state index contributed by atoms with van der Waals surface area (Å²) in [7, 11) is -1.68. The van der Waals surface area contributed by atoms with Crippen molar-refractivity contribution in [1.82, 2.24) is 9.62 Å². The lowest BCUT2D eigenvalue weighted by Gasteiger charge is -2.25. The number of benzene rings is 1. The third-order valence-electron chi connectivity index (χ3n) is 3.66. The van der Waals surface area contributed by atoms with Gasteiger partial charge in [0.2, 0.25) is 10.0 Å². The molecule has 1 aromatic rings. The molecule has 5 heteroatoms. The van der Waals surface area contributed by atoms with Crippen molar-refractivity contribution in [3.63, 3.8) is 0 Å². The molecule has 1 heterocycles. The molecule has 0 aromatic heterocycles. The van der Waals surface area contributed by atoms with Crippen molar-refractivity contribution in [3.8, 4) is 0 Å². The van der Waals surface area contributed by atoms with Gasteiger partial charge in [-0.15, -0.1) is 0 Å². The number of nitrogens with one attached hydrogen (secondary N) is 1. The van der Waals surface area contributed by atoms with Gasteiger partial charge in [-0.05, 0) is 37.9 Å². The van der Waals surface area contributed by atoms with Crippen molar-refractivity contribution in [1.29, 1.82) is 0 Å². The Kier molecular flexibility index (Phi) is 4.96. The van der Waals surface area contributed by atoms with Crippen LogP contribution < -0.4 is 5.32 Å². The average Bonchev–Trinajstić information content (AvgIpc) is 2.46. The molecule has 0 bridgehead atoms. The molecule has 2 rings (SSSR count). The average molecular weight is 282 g/mol. The summed E-state index contributed by atoms with van der Waals surface area (Å²) in [6.45, 7) is 1.62. The van der Waals surface area contributed by atoms with Crippen LogP contribution in [0.2, 0.25) is 0 Å². The number of rotatable bonds is 5. The maximum absolute atomic E-state index is 12.3. The van der Waals surface area contributed by atoms with Crippen molar-refractivity contribution in [2.24, 2.45) is 0 Å². The molecule has 1 aliphatic rings. The molecule has 0 radical (unpaired) electrons. The summed E-state index contributed by atoms with van der Waals surface area (Å²) < 4.78 is 26.1. The predicted molar refractivity (Wildman–Crippen MR) is 76.5 cm³/mol. The fourth-order valence-corrected chi connectivity index (χ4v) is 3.61. The predicted octanol–water partition coefficient (Wildman–Crippen LogP) is 1.84. The molecule has 1 aromatic carbocycles. The van der Waals surface area contributed by atoms with Crippen LogP contribution in [0.3, 0.4) is 0 Å². The van der Waals surface area contributed by atoms with Gasteiger partial charge in [0, 0.05) is 19.6 Å². The zero-order valence-corrected chi connectivity index (χ0v) is 12.2. The molecule has 1 atom stereocenters. The molecule has 0 aliphatic carbocycles. The number of hydrogen-bond donors (Lipinski definition) is 1. The second-order valence-corrected chi connectivity index (χ2v) is 7.12. The van der Waals surface area contributed by atoms with E-state index in [1.54, 1.807) is 31.3 Å². The molecule has 19 heavy (non-hydrogen) atoms. The first-order chi connectivity index (χ1) is 9.10. The Balaban J connectivity index is 1.93. The highest BCUT2D eigenvalue weighted by molar-refractivity contribution is 7.89. The summed E-state index contributed by atoms with van der Waals surface area (Å²) in [6, 6.07) is 9.08. The molecule has 0 saturated carbocycles. The lowest BCUT2D eigenvalue weighted by atomic mass is 10.0. The molecule has 106 valence electrons. The molecule has 1 unspecified atom stereocenters. The van der Waals surface area contributed by atoms with E-state index in [0.29, 0.717) is 17.5 Å². The van der Waals surface area contributed by atoms with Crippen LogP contribution in [0.4, 0.5) is 0 Å². The Morgan fingerprint density at radius 3 is 2.63 bits per heavy atom. The Morgan fingerprint density at radius 1 is 1.26 bits per heavy atom. The molecule has 1 aliphatic heterocycles. The molecule has 1 fully saturated rings. The topological polar surface area (TPSA) is 49.4 Å². The van der Waals surface area contributed by atoms with Gasteiger partial charge in [0.25, 0.3) is 0 Å². The SMILES string of the molecule is CN(CCC1CCCCN1)S(=O)(=O)c1ccccc1. The van der Waals surface area contributed by atoms with E-state index in [4.69, 9.17) is 0 Å². The van der Waals surface area contributed by atoms with Crippen LogP contribution in [0.15, 0.2) is 35.2 Å². The van der Waals surface area contributed by atoms with Crippen molar-refractivity contribution in [2.45, 2.75) is 36.6 Å². The summed E-state index contributed by atoms with van der Waals surface area (Å²) >= 11 is 0. The van der Waals surface area contributed by atoms with Gasteiger partial charge in [-0.25, -0.2) is 12.7 Å². The number of sulfonamides is 1. The van der Waals surface area contributed by atoms with E-state index >= 15 is 0 Å². The lowest BCUT2D eigenvalue weighted by molar-refractivity contribution is 0.351. The van der Waals surface area contributed by atoms with E-state index in [2.05, 4.69) is 5.32 Å². The first kappa shape index (κ1) is 14.5. The fourth-order valence-electron chi connectivity index (χ4n) is 2.40. The van der Waals surface area contributed by atoms with Crippen molar-refractivity contribution in [2.75, 3.05) is 20.1 Å². The zero-order valence-electron chi connectivity index (χ0n) is 11.4. The van der Waals surface area contributed by atoms with E-state index in [1.165, 1.54) is 17.1 Å². The standard InChI is InChI=1S/C14H22N2O2S/c1-16(12-10-13-7-5-6-11-15-13)19(17,18)14-8-3-2-4-9-14/h2-4,8-9,13,15H,5-7,10-12H2,1H3. The Morgan fingerprint density at radius 2 is 2.00 bits per heavy atom. The Hall–Kier alpha value is -0.910. The van der Waals surface area contributed by atoms with Gasteiger partial charge in [-0.3, -0.25) is 0 Å². The van der Waals surface area contributed by atoms with Crippen LogP contribution in [0.25, 0.3) is 0 Å². The highest BCUT2D eigenvalue weighted by atomic mass is 32.2. The second kappa shape index (κ2) is 6.50. The van der Waals surface area contributed by atoms with Crippen molar-refractivity contribution >= 4 is 10.0 Å². The Bertz CT molecular complexity index is 481. The first-order valence-electron chi connectivity index (χ1n) is 6.85. The van der Waals surface area contributed by atoms with Gasteiger partial charge in [-0.2, -0.15) is 0 Å². The number of piperidine rings is 1. The summed E-state index contributed by atoms with van der Waals surface area (Å²) in [4.78, 5) is 0.370. The summed E-state index contributed by atoms with van der Waals surface area (Å²) in [5.74, 6) is 0. The summed E-state index contributed by atoms with van der Waals surface area (Å²) in [5.41, 5.74) is 0. The third-order valence-corrected chi connectivity index (χ3v) is 5.53. The molecule has 1 saturated heterocycles. The normalized spacial score (nSPS) is 20.6. The van der Waals surface area contributed by atoms with Crippen LogP contribution in [0.5, 0.6) is 0 Å². The smallest absolute Gasteiger partial charge is 0.242 e. The van der Waals surface area contributed by atoms with Gasteiger partial charge >= 0.3 is 0 Å². The van der Waals surface area contributed by atoms with E-state index in [-0.39, 0.29) is 0 Å². The van der Waals surface area contributed by atoms with E-state index in [0.717, 1.165) is 19.4 Å². The second-order valence-electron chi connectivity index (χ2n) is 5.08. The minimum atomic E-state index is -3.33. The van der Waals surface area contributed by atoms with Crippen LogP contribution in [-0.4, -0.2) is 38.9 Å². The quantitative estimate of drug-likeness (QED) is 0.896. The molecule has 0 amide bonds. The molecule has 4 nitrogen and oxygen atoms in total. The number of hydrogen-bond acceptors (Lipinski definition) is 3. The molecule has 0 spiro atoms. The van der Waals surface area contributed by atoms with E-state index < -0.39 is 10.0 Å². The summed E-state index contributed by atoms with van der Waals surface area (Å²) in [5, 5.41) is 3.44. The maximum Gasteiger partial charge on any atom is 0.242 e. The minimum Gasteiger partial charge on any atom is -0.314 e. The van der Waals surface area contributed by atoms with Gasteiger partial charge < -0.3 is 5.32 Å². The zero-order chi connectivity index (χ0) is 13.7.